The van der Waals surface area contributed by atoms with Gasteiger partial charge >= 0.3 is 0 Å². The van der Waals surface area contributed by atoms with E-state index in [0.717, 1.165) is 20.0 Å². The third-order valence-corrected chi connectivity index (χ3v) is 5.21. The summed E-state index contributed by atoms with van der Waals surface area (Å²) >= 11 is 2.30. The summed E-state index contributed by atoms with van der Waals surface area (Å²) in [6, 6.07) is 13.7. The summed E-state index contributed by atoms with van der Waals surface area (Å²) in [4.78, 5) is 16.5. The lowest BCUT2D eigenvalue weighted by Gasteiger charge is -2.29. The topological polar surface area (TPSA) is 54.1 Å². The summed E-state index contributed by atoms with van der Waals surface area (Å²) < 4.78 is 7.46. The molecular weight excluding hydrogens is 451 g/mol. The van der Waals surface area contributed by atoms with E-state index in [2.05, 4.69) is 71.9 Å². The molecule has 0 saturated heterocycles. The van der Waals surface area contributed by atoms with Crippen molar-refractivity contribution < 1.29 is 9.53 Å². The number of ketones is 1. The fourth-order valence-electron chi connectivity index (χ4n) is 3.22. The number of nitrogens with one attached hydrogen (secondary N) is 2. The number of rotatable bonds is 2. The zero-order valence-corrected chi connectivity index (χ0v) is 17.6. The minimum absolute atomic E-state index is 0.00132. The molecule has 0 spiro atoms. The second-order valence-corrected chi connectivity index (χ2v) is 9.00. The van der Waals surface area contributed by atoms with E-state index in [0.29, 0.717) is 16.9 Å². The molecule has 1 unspecified atom stereocenters. The number of para-hydroxylation sites is 1. The van der Waals surface area contributed by atoms with Crippen molar-refractivity contribution >= 4 is 39.3 Å². The number of fused-ring (bicyclic) bond motifs is 2. The molecule has 1 aliphatic rings. The highest BCUT2D eigenvalue weighted by Gasteiger charge is 2.34. The zero-order chi connectivity index (χ0) is 19.2. The molecule has 3 aromatic rings. The van der Waals surface area contributed by atoms with Crippen molar-refractivity contribution in [3.05, 3.63) is 75.1 Å². The summed E-state index contributed by atoms with van der Waals surface area (Å²) in [6.45, 7) is 6.19. The fraction of sp³-hybridized carbons (Fsp3) is 0.227. The van der Waals surface area contributed by atoms with Crippen molar-refractivity contribution in [1.29, 1.82) is 0 Å². The van der Waals surface area contributed by atoms with Gasteiger partial charge in [-0.25, -0.2) is 0 Å². The average Bonchev–Trinajstić information content (AvgIpc) is 3.03. The number of aromatic nitrogens is 1. The van der Waals surface area contributed by atoms with Crippen LogP contribution in [0.15, 0.2) is 60.4 Å². The van der Waals surface area contributed by atoms with Gasteiger partial charge in [0.1, 0.15) is 5.75 Å². The monoisotopic (exact) mass is 472 g/mol. The van der Waals surface area contributed by atoms with Crippen molar-refractivity contribution in [1.82, 2.24) is 10.3 Å². The quantitative estimate of drug-likeness (QED) is 0.390. The lowest BCUT2D eigenvalue weighted by molar-refractivity contribution is 0.0960. The highest BCUT2D eigenvalue weighted by Crippen LogP contribution is 2.40. The van der Waals surface area contributed by atoms with E-state index in [9.17, 15) is 4.79 Å². The number of hydrogen-bond acceptors (Lipinski definition) is 3. The first-order valence-corrected chi connectivity index (χ1v) is 9.96. The molecule has 27 heavy (non-hydrogen) atoms. The van der Waals surface area contributed by atoms with Crippen LogP contribution in [0, 0.1) is 3.57 Å². The van der Waals surface area contributed by atoms with E-state index >= 15 is 0 Å². The second kappa shape index (κ2) is 6.71. The molecule has 0 saturated carbocycles. The predicted molar refractivity (Wildman–Crippen MR) is 116 cm³/mol. The third-order valence-electron chi connectivity index (χ3n) is 4.54. The molecule has 0 amide bonds. The first-order valence-electron chi connectivity index (χ1n) is 8.88. The molecule has 2 aromatic carbocycles. The number of aromatic amines is 1. The number of carbonyl (C=O) groups excluding carboxylic acids is 1. The fourth-order valence-corrected chi connectivity index (χ4v) is 3.71. The van der Waals surface area contributed by atoms with Crippen LogP contribution in [-0.4, -0.2) is 16.3 Å². The molecule has 4 rings (SSSR count). The maximum absolute atomic E-state index is 13.2. The van der Waals surface area contributed by atoms with E-state index in [4.69, 9.17) is 4.74 Å². The number of carbonyl (C=O) groups is 1. The number of Topliss-reactive ketones (excluding diaryl/α,β-unsaturated/α-hetero) is 1. The van der Waals surface area contributed by atoms with Gasteiger partial charge in [-0.1, -0.05) is 12.1 Å². The Labute approximate surface area is 172 Å². The summed E-state index contributed by atoms with van der Waals surface area (Å²) in [5.41, 5.74) is 3.06. The molecule has 2 N–H and O–H groups in total. The number of hydrogen-bond donors (Lipinski definition) is 2. The molecule has 0 bridgehead atoms. The lowest BCUT2D eigenvalue weighted by Crippen LogP contribution is -2.34. The van der Waals surface area contributed by atoms with E-state index < -0.39 is 6.10 Å². The normalized spacial score (nSPS) is 18.4. The summed E-state index contributed by atoms with van der Waals surface area (Å²) in [6.07, 6.45) is 3.29. The summed E-state index contributed by atoms with van der Waals surface area (Å²) in [7, 11) is 0. The van der Waals surface area contributed by atoms with Crippen LogP contribution in [-0.2, 0) is 0 Å². The van der Waals surface area contributed by atoms with Crippen molar-refractivity contribution in [2.75, 3.05) is 0 Å². The molecule has 0 radical (unpaired) electrons. The maximum atomic E-state index is 13.2. The molecule has 138 valence electrons. The SMILES string of the molecule is CC(C)(C)N/C=C1\C(=O)c2ccccc2OC1c1c[nH]c2ccc(I)cc12. The lowest BCUT2D eigenvalue weighted by atomic mass is 9.91. The van der Waals surface area contributed by atoms with Crippen molar-refractivity contribution in [2.45, 2.75) is 32.4 Å². The van der Waals surface area contributed by atoms with Crippen LogP contribution in [0.25, 0.3) is 10.9 Å². The predicted octanol–water partition coefficient (Wildman–Crippen LogP) is 5.36. The van der Waals surface area contributed by atoms with Gasteiger partial charge in [0.2, 0.25) is 0 Å². The van der Waals surface area contributed by atoms with E-state index in [1.54, 1.807) is 0 Å². The largest absolute Gasteiger partial charge is 0.480 e. The Hall–Kier alpha value is -2.28. The molecule has 1 aliphatic heterocycles. The standard InChI is InChI=1S/C22H21IN2O2/c1-22(2,3)25-12-17-20(26)14-6-4-5-7-19(14)27-21(17)16-11-24-18-9-8-13(23)10-15(16)18/h4-12,21,24-25H,1-3H3/b17-12+. The van der Waals surface area contributed by atoms with Gasteiger partial charge in [-0.05, 0) is 73.7 Å². The Morgan fingerprint density at radius 1 is 1.19 bits per heavy atom. The van der Waals surface area contributed by atoms with Crippen LogP contribution in [0.1, 0.15) is 42.8 Å². The van der Waals surface area contributed by atoms with E-state index in [1.165, 1.54) is 0 Å². The molecule has 0 fully saturated rings. The smallest absolute Gasteiger partial charge is 0.198 e. The summed E-state index contributed by atoms with van der Waals surface area (Å²) in [5.74, 6) is 0.624. The van der Waals surface area contributed by atoms with Crippen LogP contribution < -0.4 is 10.1 Å². The second-order valence-electron chi connectivity index (χ2n) is 7.75. The van der Waals surface area contributed by atoms with Crippen molar-refractivity contribution in [3.63, 3.8) is 0 Å². The molecule has 1 aromatic heterocycles. The van der Waals surface area contributed by atoms with Crippen LogP contribution in [0.3, 0.4) is 0 Å². The zero-order valence-electron chi connectivity index (χ0n) is 15.5. The van der Waals surface area contributed by atoms with Gasteiger partial charge in [0.05, 0.1) is 11.1 Å². The van der Waals surface area contributed by atoms with E-state index in [-0.39, 0.29) is 11.3 Å². The Morgan fingerprint density at radius 3 is 2.74 bits per heavy atom. The molecule has 1 atom stereocenters. The van der Waals surface area contributed by atoms with Gasteiger partial charge in [0.25, 0.3) is 0 Å². The van der Waals surface area contributed by atoms with Gasteiger partial charge in [-0.2, -0.15) is 0 Å². The summed E-state index contributed by atoms with van der Waals surface area (Å²) in [5, 5.41) is 4.40. The van der Waals surface area contributed by atoms with E-state index in [1.807, 2.05) is 36.7 Å². The molecule has 0 aliphatic carbocycles. The molecular formula is C22H21IN2O2. The van der Waals surface area contributed by atoms with Crippen molar-refractivity contribution in [3.8, 4) is 5.75 Å². The first-order chi connectivity index (χ1) is 12.8. The maximum Gasteiger partial charge on any atom is 0.198 e. The van der Waals surface area contributed by atoms with Gasteiger partial charge in [0.15, 0.2) is 11.9 Å². The highest BCUT2D eigenvalue weighted by molar-refractivity contribution is 14.1. The molecule has 4 nitrogen and oxygen atoms in total. The minimum atomic E-state index is -0.464. The van der Waals surface area contributed by atoms with Crippen LogP contribution in [0.5, 0.6) is 5.75 Å². The third kappa shape index (κ3) is 3.48. The molecule has 2 heterocycles. The van der Waals surface area contributed by atoms with Gasteiger partial charge in [-0.15, -0.1) is 0 Å². The van der Waals surface area contributed by atoms with Crippen LogP contribution >= 0.6 is 22.6 Å². The molecule has 5 heteroatoms. The van der Waals surface area contributed by atoms with Crippen LogP contribution in [0.4, 0.5) is 0 Å². The van der Waals surface area contributed by atoms with Gasteiger partial charge < -0.3 is 15.0 Å². The Morgan fingerprint density at radius 2 is 1.96 bits per heavy atom. The number of ether oxygens (including phenoxy) is 1. The van der Waals surface area contributed by atoms with Gasteiger partial charge in [0, 0.05) is 38.0 Å². The number of halogens is 1. The Bertz CT molecular complexity index is 1060. The first kappa shape index (κ1) is 18.1. The van der Waals surface area contributed by atoms with Gasteiger partial charge in [-0.3, -0.25) is 4.79 Å². The number of benzene rings is 2. The highest BCUT2D eigenvalue weighted by atomic mass is 127. The van der Waals surface area contributed by atoms with Crippen LogP contribution in [0.2, 0.25) is 0 Å². The van der Waals surface area contributed by atoms with Crippen molar-refractivity contribution in [2.24, 2.45) is 0 Å². The Kier molecular flexibility index (Phi) is 4.50. The number of H-pyrrole nitrogens is 1. The average molecular weight is 472 g/mol. The Balaban J connectivity index is 1.87. The minimum Gasteiger partial charge on any atom is -0.480 e.